The van der Waals surface area contributed by atoms with Crippen molar-refractivity contribution in [2.24, 2.45) is 0 Å². The molecule has 1 aromatic carbocycles. The third-order valence-electron chi connectivity index (χ3n) is 1.40. The average molecular weight is 219 g/mol. The van der Waals surface area contributed by atoms with Crippen LogP contribution in [0.3, 0.4) is 0 Å². The maximum atomic E-state index is 10.9. The zero-order valence-electron chi connectivity index (χ0n) is 6.90. The summed E-state index contributed by atoms with van der Waals surface area (Å²) in [7, 11) is 1.53. The lowest BCUT2D eigenvalue weighted by molar-refractivity contribution is 0.254. The number of urea groups is 1. The van der Waals surface area contributed by atoms with Crippen LogP contribution in [-0.4, -0.2) is 13.1 Å². The molecule has 0 aliphatic rings. The fourth-order valence-electron chi connectivity index (χ4n) is 0.767. The first-order chi connectivity index (χ1) is 6.13. The minimum Gasteiger partial charge on any atom is -0.341 e. The fraction of sp³-hybridized carbons (Fsp3) is 0.125. The van der Waals surface area contributed by atoms with Gasteiger partial charge in [0.15, 0.2) is 0 Å². The number of benzene rings is 1. The van der Waals surface area contributed by atoms with Crippen LogP contribution in [0.15, 0.2) is 18.2 Å². The Morgan fingerprint density at radius 1 is 1.31 bits per heavy atom. The van der Waals surface area contributed by atoms with Gasteiger partial charge in [-0.2, -0.15) is 0 Å². The lowest BCUT2D eigenvalue weighted by Crippen LogP contribution is -2.24. The second-order valence-corrected chi connectivity index (χ2v) is 3.15. The Bertz CT molecular complexity index is 328. The highest BCUT2D eigenvalue weighted by molar-refractivity contribution is 6.42. The summed E-state index contributed by atoms with van der Waals surface area (Å²) in [6, 6.07) is 4.58. The van der Waals surface area contributed by atoms with Gasteiger partial charge in [-0.1, -0.05) is 23.2 Å². The summed E-state index contributed by atoms with van der Waals surface area (Å²) >= 11 is 11.4. The number of carbonyl (C=O) groups is 1. The largest absolute Gasteiger partial charge is 0.341 e. The maximum Gasteiger partial charge on any atom is 0.318 e. The molecule has 0 heterocycles. The molecule has 13 heavy (non-hydrogen) atoms. The first kappa shape index (κ1) is 10.2. The summed E-state index contributed by atoms with van der Waals surface area (Å²) in [6.07, 6.45) is 0. The van der Waals surface area contributed by atoms with E-state index in [4.69, 9.17) is 23.2 Å². The lowest BCUT2D eigenvalue weighted by atomic mass is 10.3. The zero-order valence-corrected chi connectivity index (χ0v) is 8.41. The van der Waals surface area contributed by atoms with E-state index in [1.807, 2.05) is 0 Å². The number of halogens is 2. The molecular weight excluding hydrogens is 211 g/mol. The van der Waals surface area contributed by atoms with Gasteiger partial charge < -0.3 is 10.6 Å². The summed E-state index contributed by atoms with van der Waals surface area (Å²) in [6.45, 7) is 0. The first-order valence-corrected chi connectivity index (χ1v) is 4.33. The van der Waals surface area contributed by atoms with Gasteiger partial charge in [0, 0.05) is 12.7 Å². The quantitative estimate of drug-likeness (QED) is 0.748. The highest BCUT2D eigenvalue weighted by Crippen LogP contribution is 2.24. The van der Waals surface area contributed by atoms with E-state index >= 15 is 0 Å². The van der Waals surface area contributed by atoms with Crippen LogP contribution in [0, 0.1) is 0 Å². The van der Waals surface area contributed by atoms with Gasteiger partial charge in [0.2, 0.25) is 0 Å². The smallest absolute Gasteiger partial charge is 0.318 e. The number of amides is 2. The van der Waals surface area contributed by atoms with Gasteiger partial charge >= 0.3 is 6.03 Å². The number of hydrogen-bond acceptors (Lipinski definition) is 1. The number of nitrogens with one attached hydrogen (secondary N) is 2. The Hall–Kier alpha value is -0.930. The van der Waals surface area contributed by atoms with E-state index in [0.717, 1.165) is 0 Å². The van der Waals surface area contributed by atoms with E-state index < -0.39 is 0 Å². The molecular formula is C8H8Cl2N2O. The highest BCUT2D eigenvalue weighted by Gasteiger charge is 2.01. The summed E-state index contributed by atoms with van der Waals surface area (Å²) in [5, 5.41) is 5.86. The monoisotopic (exact) mass is 218 g/mol. The van der Waals surface area contributed by atoms with Crippen LogP contribution in [0.4, 0.5) is 10.5 Å². The summed E-state index contributed by atoms with van der Waals surface area (Å²) in [5.41, 5.74) is 0.605. The number of hydrogen-bond donors (Lipinski definition) is 2. The molecule has 1 rings (SSSR count). The molecule has 0 spiro atoms. The predicted molar refractivity (Wildman–Crippen MR) is 54.5 cm³/mol. The molecule has 0 radical (unpaired) electrons. The fourth-order valence-corrected chi connectivity index (χ4v) is 1.07. The van der Waals surface area contributed by atoms with Crippen LogP contribution in [0.25, 0.3) is 0 Å². The molecule has 2 amide bonds. The van der Waals surface area contributed by atoms with E-state index in [0.29, 0.717) is 15.7 Å². The Labute approximate surface area is 86.0 Å². The second-order valence-electron chi connectivity index (χ2n) is 2.33. The molecule has 0 aliphatic carbocycles. The molecule has 2 N–H and O–H groups in total. The van der Waals surface area contributed by atoms with E-state index in [2.05, 4.69) is 10.6 Å². The second kappa shape index (κ2) is 4.35. The Morgan fingerprint density at radius 2 is 2.00 bits per heavy atom. The number of carbonyl (C=O) groups excluding carboxylic acids is 1. The Balaban J connectivity index is 2.79. The van der Waals surface area contributed by atoms with Crippen molar-refractivity contribution in [2.45, 2.75) is 0 Å². The molecule has 70 valence electrons. The van der Waals surface area contributed by atoms with Crippen LogP contribution in [0.5, 0.6) is 0 Å². The van der Waals surface area contributed by atoms with E-state index in [-0.39, 0.29) is 6.03 Å². The molecule has 1 aromatic rings. The van der Waals surface area contributed by atoms with Crippen molar-refractivity contribution in [2.75, 3.05) is 12.4 Å². The average Bonchev–Trinajstić information content (AvgIpc) is 2.11. The molecule has 0 fully saturated rings. The van der Waals surface area contributed by atoms with Gasteiger partial charge in [0.05, 0.1) is 10.0 Å². The normalized spacial score (nSPS) is 9.46. The topological polar surface area (TPSA) is 41.1 Å². The number of rotatable bonds is 1. The summed E-state index contributed by atoms with van der Waals surface area (Å²) in [5.74, 6) is 0. The van der Waals surface area contributed by atoms with Crippen molar-refractivity contribution >= 4 is 34.9 Å². The van der Waals surface area contributed by atoms with Crippen LogP contribution in [0.2, 0.25) is 10.0 Å². The lowest BCUT2D eigenvalue weighted by Gasteiger charge is -2.04. The van der Waals surface area contributed by atoms with Crippen molar-refractivity contribution in [3.8, 4) is 0 Å². The van der Waals surface area contributed by atoms with E-state index in [9.17, 15) is 4.79 Å². The van der Waals surface area contributed by atoms with Crippen molar-refractivity contribution < 1.29 is 4.79 Å². The van der Waals surface area contributed by atoms with Gasteiger partial charge in [-0.05, 0) is 18.2 Å². The van der Waals surface area contributed by atoms with Gasteiger partial charge in [-0.25, -0.2) is 4.79 Å². The van der Waals surface area contributed by atoms with Crippen LogP contribution in [-0.2, 0) is 0 Å². The Kier molecular flexibility index (Phi) is 3.39. The highest BCUT2D eigenvalue weighted by atomic mass is 35.5. The van der Waals surface area contributed by atoms with Gasteiger partial charge in [-0.15, -0.1) is 0 Å². The first-order valence-electron chi connectivity index (χ1n) is 3.57. The molecule has 0 saturated carbocycles. The van der Waals surface area contributed by atoms with Crippen molar-refractivity contribution in [3.63, 3.8) is 0 Å². The van der Waals surface area contributed by atoms with Gasteiger partial charge in [0.1, 0.15) is 0 Å². The van der Waals surface area contributed by atoms with Crippen molar-refractivity contribution in [3.05, 3.63) is 28.2 Å². The van der Waals surface area contributed by atoms with Gasteiger partial charge in [-0.3, -0.25) is 0 Å². The molecule has 0 aromatic heterocycles. The SMILES string of the molecule is CNC(=O)Nc1ccc(Cl)c(Cl)c1. The molecule has 5 heteroatoms. The van der Waals surface area contributed by atoms with Crippen molar-refractivity contribution in [1.29, 1.82) is 0 Å². The molecule has 0 unspecified atom stereocenters. The molecule has 0 bridgehead atoms. The molecule has 3 nitrogen and oxygen atoms in total. The van der Waals surface area contributed by atoms with Crippen LogP contribution >= 0.6 is 23.2 Å². The molecule has 0 saturated heterocycles. The number of anilines is 1. The summed E-state index contributed by atoms with van der Waals surface area (Å²) in [4.78, 5) is 10.9. The molecule has 0 aliphatic heterocycles. The standard InChI is InChI=1S/C8H8Cl2N2O/c1-11-8(13)12-5-2-3-6(9)7(10)4-5/h2-4H,1H3,(H2,11,12,13). The van der Waals surface area contributed by atoms with Gasteiger partial charge in [0.25, 0.3) is 0 Å². The van der Waals surface area contributed by atoms with Crippen LogP contribution < -0.4 is 10.6 Å². The zero-order chi connectivity index (χ0) is 9.84. The van der Waals surface area contributed by atoms with E-state index in [1.165, 1.54) is 7.05 Å². The Morgan fingerprint density at radius 3 is 2.54 bits per heavy atom. The summed E-state index contributed by atoms with van der Waals surface area (Å²) < 4.78 is 0. The third kappa shape index (κ3) is 2.79. The van der Waals surface area contributed by atoms with Crippen LogP contribution in [0.1, 0.15) is 0 Å². The molecule has 0 atom stereocenters. The van der Waals surface area contributed by atoms with E-state index in [1.54, 1.807) is 18.2 Å². The minimum absolute atomic E-state index is 0.293. The predicted octanol–water partition coefficient (Wildman–Crippen LogP) is 2.74. The maximum absolute atomic E-state index is 10.9. The third-order valence-corrected chi connectivity index (χ3v) is 2.14. The minimum atomic E-state index is -0.293. The van der Waals surface area contributed by atoms with Crippen molar-refractivity contribution in [1.82, 2.24) is 5.32 Å².